The number of hydrogen-bond donors (Lipinski definition) is 5. The molecule has 0 saturated carbocycles. The number of esters is 1. The Morgan fingerprint density at radius 2 is 1.48 bits per heavy atom. The lowest BCUT2D eigenvalue weighted by Crippen LogP contribution is -2.30. The predicted molar refractivity (Wildman–Crippen MR) is 101 cm³/mol. The number of carbonyl (C=O) groups is 1. The van der Waals surface area contributed by atoms with Gasteiger partial charge in [0.15, 0.2) is 0 Å². The summed E-state index contributed by atoms with van der Waals surface area (Å²) in [5.41, 5.74) is 0. The van der Waals surface area contributed by atoms with Gasteiger partial charge in [0.05, 0.1) is 30.5 Å². The predicted octanol–water partition coefficient (Wildman–Crippen LogP) is 1.19. The van der Waals surface area contributed by atoms with Gasteiger partial charge in [-0.2, -0.15) is 0 Å². The Bertz CT molecular complexity index is 440. The number of hydrogen-bond acceptors (Lipinski definition) is 7. The number of aliphatic hydroxyl groups excluding tert-OH is 5. The van der Waals surface area contributed by atoms with E-state index < -0.39 is 42.6 Å². The second kappa shape index (κ2) is 13.2. The van der Waals surface area contributed by atoms with E-state index >= 15 is 0 Å². The molecule has 1 aliphatic heterocycles. The Morgan fingerprint density at radius 1 is 0.926 bits per heavy atom. The van der Waals surface area contributed by atoms with Gasteiger partial charge in [-0.05, 0) is 32.1 Å². The van der Waals surface area contributed by atoms with Gasteiger partial charge in [0, 0.05) is 18.9 Å². The van der Waals surface area contributed by atoms with Crippen LogP contribution in [-0.2, 0) is 9.53 Å². The minimum Gasteiger partial charge on any atom is -0.459 e. The first-order chi connectivity index (χ1) is 12.8. The van der Waals surface area contributed by atoms with Crippen molar-refractivity contribution in [2.75, 3.05) is 0 Å². The summed E-state index contributed by atoms with van der Waals surface area (Å²) in [6.07, 6.45) is 3.34. The van der Waals surface area contributed by atoms with Crippen molar-refractivity contribution < 1.29 is 35.1 Å². The summed E-state index contributed by atoms with van der Waals surface area (Å²) in [5, 5.41) is 49.9. The molecule has 7 heteroatoms. The molecule has 7 nitrogen and oxygen atoms in total. The highest BCUT2D eigenvalue weighted by atomic mass is 16.5. The molecule has 0 aliphatic carbocycles. The number of cyclic esters (lactones) is 1. The third kappa shape index (κ3) is 11.4. The normalized spacial score (nSPS) is 22.7. The van der Waals surface area contributed by atoms with Crippen molar-refractivity contribution in [1.29, 1.82) is 0 Å². The Hall–Kier alpha value is -0.990. The quantitative estimate of drug-likeness (QED) is 0.223. The molecule has 0 saturated heterocycles. The van der Waals surface area contributed by atoms with Gasteiger partial charge in [-0.25, -0.2) is 4.79 Å². The summed E-state index contributed by atoms with van der Waals surface area (Å²) in [7, 11) is 0. The van der Waals surface area contributed by atoms with Gasteiger partial charge in [-0.15, -0.1) is 0 Å². The molecular formula is C20H36O7. The molecule has 27 heavy (non-hydrogen) atoms. The maximum Gasteiger partial charge on any atom is 0.330 e. The van der Waals surface area contributed by atoms with Crippen molar-refractivity contribution in [3.8, 4) is 0 Å². The second-order valence-corrected chi connectivity index (χ2v) is 7.64. The van der Waals surface area contributed by atoms with Gasteiger partial charge in [-0.1, -0.05) is 32.3 Å². The smallest absolute Gasteiger partial charge is 0.330 e. The van der Waals surface area contributed by atoms with Crippen molar-refractivity contribution in [3.05, 3.63) is 12.2 Å². The molecule has 0 radical (unpaired) electrons. The van der Waals surface area contributed by atoms with E-state index in [-0.39, 0.29) is 32.1 Å². The minimum atomic E-state index is -0.925. The third-order valence-corrected chi connectivity index (χ3v) is 4.79. The van der Waals surface area contributed by atoms with E-state index in [4.69, 9.17) is 4.74 Å². The highest BCUT2D eigenvalue weighted by Gasteiger charge is 2.24. The molecule has 1 aliphatic rings. The lowest BCUT2D eigenvalue weighted by Gasteiger charge is -2.24. The molecule has 158 valence electrons. The Morgan fingerprint density at radius 3 is 2.04 bits per heavy atom. The molecule has 0 aromatic rings. The molecule has 0 spiro atoms. The lowest BCUT2D eigenvalue weighted by atomic mass is 9.96. The fraction of sp³-hybridized carbons (Fsp3) is 0.850. The van der Waals surface area contributed by atoms with E-state index in [9.17, 15) is 30.3 Å². The standard InChI is InChI=1S/C20H36O7/c1-2-3-4-6-14(21)9-15(22)10-16(23)11-17(24)12-18(25)13-19-7-5-8-20(26)27-19/h5,8,14-19,21-25H,2-4,6-7,9-13H2,1H3/t14-,15+,16+,17+,18+,19-/m1/s1. The molecule has 0 bridgehead atoms. The summed E-state index contributed by atoms with van der Waals surface area (Å²) in [5.74, 6) is -0.430. The second-order valence-electron chi connectivity index (χ2n) is 7.64. The maximum absolute atomic E-state index is 11.2. The Balaban J connectivity index is 2.21. The van der Waals surface area contributed by atoms with E-state index in [0.29, 0.717) is 12.8 Å². The van der Waals surface area contributed by atoms with Crippen molar-refractivity contribution in [1.82, 2.24) is 0 Å². The van der Waals surface area contributed by atoms with E-state index in [0.717, 1.165) is 19.3 Å². The summed E-state index contributed by atoms with van der Waals surface area (Å²) >= 11 is 0. The number of carbonyl (C=O) groups excluding carboxylic acids is 1. The molecule has 0 amide bonds. The monoisotopic (exact) mass is 388 g/mol. The fourth-order valence-electron chi connectivity index (χ4n) is 3.40. The lowest BCUT2D eigenvalue weighted by molar-refractivity contribution is -0.145. The van der Waals surface area contributed by atoms with Crippen molar-refractivity contribution in [3.63, 3.8) is 0 Å². The summed E-state index contributed by atoms with van der Waals surface area (Å²) in [4.78, 5) is 11.2. The number of unbranched alkanes of at least 4 members (excludes halogenated alkanes) is 2. The van der Waals surface area contributed by atoms with E-state index in [1.54, 1.807) is 6.08 Å². The van der Waals surface area contributed by atoms with Gasteiger partial charge >= 0.3 is 5.97 Å². The molecule has 0 aromatic carbocycles. The molecule has 6 atom stereocenters. The molecule has 1 rings (SSSR count). The summed E-state index contributed by atoms with van der Waals surface area (Å²) in [6.45, 7) is 2.08. The van der Waals surface area contributed by atoms with Gasteiger partial charge < -0.3 is 30.3 Å². The first-order valence-corrected chi connectivity index (χ1v) is 10.1. The van der Waals surface area contributed by atoms with Crippen LogP contribution in [0.3, 0.4) is 0 Å². The maximum atomic E-state index is 11.2. The molecule has 1 heterocycles. The minimum absolute atomic E-state index is 0.0321. The summed E-state index contributed by atoms with van der Waals surface area (Å²) < 4.78 is 5.07. The molecule has 5 N–H and O–H groups in total. The average Bonchev–Trinajstić information content (AvgIpc) is 2.54. The van der Waals surface area contributed by atoms with Crippen LogP contribution in [0.1, 0.15) is 71.1 Å². The zero-order chi connectivity index (χ0) is 20.2. The summed E-state index contributed by atoms with van der Waals surface area (Å²) in [6, 6.07) is 0. The van der Waals surface area contributed by atoms with Gasteiger partial charge in [0.1, 0.15) is 6.10 Å². The van der Waals surface area contributed by atoms with Gasteiger partial charge in [0.2, 0.25) is 0 Å². The Labute approximate surface area is 161 Å². The number of ether oxygens (including phenoxy) is 1. The van der Waals surface area contributed by atoms with Crippen LogP contribution in [0.15, 0.2) is 12.2 Å². The van der Waals surface area contributed by atoms with Crippen molar-refractivity contribution in [2.45, 2.75) is 108 Å². The van der Waals surface area contributed by atoms with Gasteiger partial charge in [0.25, 0.3) is 0 Å². The largest absolute Gasteiger partial charge is 0.459 e. The molecule has 0 unspecified atom stereocenters. The highest BCUT2D eigenvalue weighted by molar-refractivity contribution is 5.82. The van der Waals surface area contributed by atoms with Crippen LogP contribution in [0, 0.1) is 0 Å². The first kappa shape index (κ1) is 24.0. The third-order valence-electron chi connectivity index (χ3n) is 4.79. The van der Waals surface area contributed by atoms with E-state index in [1.807, 2.05) is 0 Å². The topological polar surface area (TPSA) is 127 Å². The zero-order valence-electron chi connectivity index (χ0n) is 16.2. The van der Waals surface area contributed by atoms with Crippen LogP contribution in [0.4, 0.5) is 0 Å². The van der Waals surface area contributed by atoms with E-state index in [1.165, 1.54) is 6.08 Å². The van der Waals surface area contributed by atoms with Crippen LogP contribution < -0.4 is 0 Å². The molecule has 0 fully saturated rings. The SMILES string of the molecule is CCCCC[C@@H](O)C[C@H](O)C[C@H](O)C[C@H](O)C[C@H](O)C[C@H]1CC=CC(=O)O1. The first-order valence-electron chi connectivity index (χ1n) is 10.1. The number of aliphatic hydroxyl groups is 5. The van der Waals surface area contributed by atoms with Crippen molar-refractivity contribution >= 4 is 5.97 Å². The van der Waals surface area contributed by atoms with Crippen LogP contribution in [0.25, 0.3) is 0 Å². The fourth-order valence-corrected chi connectivity index (χ4v) is 3.40. The van der Waals surface area contributed by atoms with Crippen LogP contribution in [-0.4, -0.2) is 68.1 Å². The van der Waals surface area contributed by atoms with Crippen LogP contribution in [0.5, 0.6) is 0 Å². The zero-order valence-corrected chi connectivity index (χ0v) is 16.2. The average molecular weight is 389 g/mol. The molecule has 0 aromatic heterocycles. The van der Waals surface area contributed by atoms with Crippen LogP contribution in [0.2, 0.25) is 0 Å². The van der Waals surface area contributed by atoms with E-state index in [2.05, 4.69) is 6.92 Å². The highest BCUT2D eigenvalue weighted by Crippen LogP contribution is 2.19. The van der Waals surface area contributed by atoms with Crippen LogP contribution >= 0.6 is 0 Å². The Kier molecular flexibility index (Phi) is 11.8. The number of rotatable bonds is 14. The van der Waals surface area contributed by atoms with Gasteiger partial charge in [-0.3, -0.25) is 0 Å². The van der Waals surface area contributed by atoms with Crippen molar-refractivity contribution in [2.24, 2.45) is 0 Å². The molecular weight excluding hydrogens is 352 g/mol.